The monoisotopic (exact) mass is 562 g/mol. The van der Waals surface area contributed by atoms with Gasteiger partial charge in [-0.05, 0) is 55.7 Å². The standard InChI is InChI=1S/C25H30N4O9S/c1-25(2,16-26-23(30)36-13-17-3-7-19(8-4-17)28(32)33)38-15-21-11-22(39)12-27(21)24(31)37-14-18-5-9-20(10-6-18)29(34)35/h3-10,21-22,39H,11-16H2,1-2H3,(H,26,30)/t21-,22-/m0/s1. The number of nitrogens with zero attached hydrogens (tertiary/aromatic N) is 3. The van der Waals surface area contributed by atoms with Crippen molar-refractivity contribution in [2.24, 2.45) is 0 Å². The minimum Gasteiger partial charge on any atom is -0.445 e. The SMILES string of the molecule is CC(C)(CNC(=O)OCc1ccc([N+](=O)[O-])cc1)OC[C@@H]1C[C@H](S)CN1C(=O)OCc1ccc([N+](=O)[O-])cc1. The van der Waals surface area contributed by atoms with Crippen LogP contribution in [0.25, 0.3) is 0 Å². The van der Waals surface area contributed by atoms with Crippen LogP contribution >= 0.6 is 12.6 Å². The Morgan fingerprint density at radius 1 is 0.974 bits per heavy atom. The Morgan fingerprint density at radius 2 is 1.49 bits per heavy atom. The van der Waals surface area contributed by atoms with Crippen LogP contribution in [-0.2, 0) is 27.4 Å². The van der Waals surface area contributed by atoms with Crippen LogP contribution in [0.5, 0.6) is 0 Å². The molecule has 210 valence electrons. The van der Waals surface area contributed by atoms with Gasteiger partial charge in [0.15, 0.2) is 0 Å². The van der Waals surface area contributed by atoms with Crippen LogP contribution in [0.15, 0.2) is 48.5 Å². The molecule has 1 N–H and O–H groups in total. The summed E-state index contributed by atoms with van der Waals surface area (Å²) in [6.07, 6.45) is -0.613. The van der Waals surface area contributed by atoms with Crippen molar-refractivity contribution in [3.8, 4) is 0 Å². The average molecular weight is 563 g/mol. The fraction of sp³-hybridized carbons (Fsp3) is 0.440. The van der Waals surface area contributed by atoms with Crippen LogP contribution in [-0.4, -0.2) is 63.5 Å². The lowest BCUT2D eigenvalue weighted by atomic mass is 10.1. The smallest absolute Gasteiger partial charge is 0.410 e. The van der Waals surface area contributed by atoms with Gasteiger partial charge in [0, 0.05) is 42.6 Å². The molecule has 1 fully saturated rings. The summed E-state index contributed by atoms with van der Waals surface area (Å²) in [6, 6.07) is 11.2. The van der Waals surface area contributed by atoms with Crippen LogP contribution in [0, 0.1) is 20.2 Å². The lowest BCUT2D eigenvalue weighted by Crippen LogP contribution is -2.45. The molecule has 2 aromatic carbocycles. The third-order valence-corrected chi connectivity index (χ3v) is 6.35. The van der Waals surface area contributed by atoms with Gasteiger partial charge >= 0.3 is 12.2 Å². The van der Waals surface area contributed by atoms with Gasteiger partial charge in [-0.2, -0.15) is 12.6 Å². The van der Waals surface area contributed by atoms with Gasteiger partial charge in [-0.3, -0.25) is 20.2 Å². The molecule has 1 aliphatic rings. The Kier molecular flexibility index (Phi) is 10.1. The van der Waals surface area contributed by atoms with Crippen molar-refractivity contribution in [1.29, 1.82) is 0 Å². The Bertz CT molecular complexity index is 1180. The van der Waals surface area contributed by atoms with Crippen molar-refractivity contribution < 1.29 is 33.6 Å². The minimum atomic E-state index is -0.782. The van der Waals surface area contributed by atoms with Crippen molar-refractivity contribution in [2.45, 2.75) is 50.4 Å². The van der Waals surface area contributed by atoms with Gasteiger partial charge in [0.1, 0.15) is 13.2 Å². The summed E-state index contributed by atoms with van der Waals surface area (Å²) < 4.78 is 16.6. The van der Waals surface area contributed by atoms with Crippen molar-refractivity contribution in [3.05, 3.63) is 79.9 Å². The largest absolute Gasteiger partial charge is 0.445 e. The summed E-state index contributed by atoms with van der Waals surface area (Å²) in [6.45, 7) is 4.19. The summed E-state index contributed by atoms with van der Waals surface area (Å²) in [7, 11) is 0. The summed E-state index contributed by atoms with van der Waals surface area (Å²) >= 11 is 4.50. The van der Waals surface area contributed by atoms with Gasteiger partial charge in [0.05, 0.1) is 28.1 Å². The Balaban J connectivity index is 1.42. The number of nitro benzene ring substituents is 2. The van der Waals surface area contributed by atoms with E-state index in [0.29, 0.717) is 24.1 Å². The molecule has 0 aromatic heterocycles. The van der Waals surface area contributed by atoms with Crippen LogP contribution < -0.4 is 5.32 Å². The molecule has 0 spiro atoms. The number of amides is 2. The molecule has 2 aromatic rings. The maximum Gasteiger partial charge on any atom is 0.410 e. The van der Waals surface area contributed by atoms with Crippen LogP contribution in [0.4, 0.5) is 21.0 Å². The highest BCUT2D eigenvalue weighted by molar-refractivity contribution is 7.81. The normalized spacial score (nSPS) is 16.9. The second kappa shape index (κ2) is 13.2. The minimum absolute atomic E-state index is 0.0322. The summed E-state index contributed by atoms with van der Waals surface area (Å²) in [5, 5.41) is 24.1. The summed E-state index contributed by atoms with van der Waals surface area (Å²) in [4.78, 5) is 46.9. The molecule has 1 aliphatic heterocycles. The van der Waals surface area contributed by atoms with E-state index in [1.54, 1.807) is 18.7 Å². The van der Waals surface area contributed by atoms with Crippen molar-refractivity contribution in [3.63, 3.8) is 0 Å². The number of hydrogen-bond acceptors (Lipinski definition) is 10. The molecule has 1 saturated heterocycles. The Morgan fingerprint density at radius 3 is 2.00 bits per heavy atom. The second-order valence-electron chi connectivity index (χ2n) is 9.60. The molecule has 0 aliphatic carbocycles. The van der Waals surface area contributed by atoms with E-state index in [0.717, 1.165) is 0 Å². The second-order valence-corrected chi connectivity index (χ2v) is 10.3. The molecule has 0 bridgehead atoms. The van der Waals surface area contributed by atoms with E-state index >= 15 is 0 Å². The van der Waals surface area contributed by atoms with Gasteiger partial charge < -0.3 is 24.4 Å². The highest BCUT2D eigenvalue weighted by Crippen LogP contribution is 2.25. The van der Waals surface area contributed by atoms with Crippen LogP contribution in [0.1, 0.15) is 31.4 Å². The van der Waals surface area contributed by atoms with Crippen molar-refractivity contribution in [1.82, 2.24) is 10.2 Å². The Hall–Kier alpha value is -3.91. The molecule has 14 heteroatoms. The average Bonchev–Trinajstić information content (AvgIpc) is 3.29. The molecule has 39 heavy (non-hydrogen) atoms. The molecule has 13 nitrogen and oxygen atoms in total. The zero-order chi connectivity index (χ0) is 28.6. The zero-order valence-corrected chi connectivity index (χ0v) is 22.4. The van der Waals surface area contributed by atoms with E-state index in [2.05, 4.69) is 17.9 Å². The molecule has 0 radical (unpaired) electrons. The van der Waals surface area contributed by atoms with Crippen LogP contribution in [0.3, 0.4) is 0 Å². The highest BCUT2D eigenvalue weighted by Gasteiger charge is 2.36. The molecule has 0 saturated carbocycles. The van der Waals surface area contributed by atoms with Gasteiger partial charge in [-0.1, -0.05) is 0 Å². The molecular weight excluding hydrogens is 532 g/mol. The molecule has 2 amide bonds. The van der Waals surface area contributed by atoms with E-state index in [4.69, 9.17) is 14.2 Å². The molecular formula is C25H30N4O9S. The predicted molar refractivity (Wildman–Crippen MR) is 142 cm³/mol. The number of non-ortho nitro benzene ring substituents is 2. The number of rotatable bonds is 11. The number of nitrogens with one attached hydrogen (secondary N) is 1. The van der Waals surface area contributed by atoms with Crippen molar-refractivity contribution in [2.75, 3.05) is 19.7 Å². The maximum atomic E-state index is 12.7. The lowest BCUT2D eigenvalue weighted by Gasteiger charge is -2.30. The third kappa shape index (κ3) is 9.11. The van der Waals surface area contributed by atoms with E-state index in [1.165, 1.54) is 48.5 Å². The van der Waals surface area contributed by atoms with Gasteiger partial charge in [0.2, 0.25) is 0 Å². The van der Waals surface area contributed by atoms with Gasteiger partial charge in [-0.25, -0.2) is 9.59 Å². The topological polar surface area (TPSA) is 163 Å². The Labute approximate surface area is 230 Å². The summed E-state index contributed by atoms with van der Waals surface area (Å²) in [5.74, 6) is 0. The number of nitro groups is 2. The fourth-order valence-corrected chi connectivity index (χ4v) is 4.21. The van der Waals surface area contributed by atoms with E-state index < -0.39 is 27.6 Å². The van der Waals surface area contributed by atoms with E-state index in [-0.39, 0.29) is 49.0 Å². The van der Waals surface area contributed by atoms with Crippen molar-refractivity contribution >= 4 is 36.2 Å². The molecule has 3 rings (SSSR count). The number of likely N-dealkylation sites (tertiary alicyclic amines) is 1. The fourth-order valence-electron chi connectivity index (χ4n) is 3.79. The zero-order valence-electron chi connectivity index (χ0n) is 21.5. The number of carbonyl (C=O) groups excluding carboxylic acids is 2. The molecule has 0 unspecified atom stereocenters. The molecule has 2 atom stereocenters. The third-order valence-electron chi connectivity index (χ3n) is 5.98. The number of thiol groups is 1. The first kappa shape index (κ1) is 29.6. The van der Waals surface area contributed by atoms with E-state index in [9.17, 15) is 29.8 Å². The number of ether oxygens (including phenoxy) is 3. The van der Waals surface area contributed by atoms with E-state index in [1.807, 2.05) is 0 Å². The van der Waals surface area contributed by atoms with Gasteiger partial charge in [0.25, 0.3) is 11.4 Å². The molecule has 1 heterocycles. The summed E-state index contributed by atoms with van der Waals surface area (Å²) in [5.41, 5.74) is 0.347. The maximum absolute atomic E-state index is 12.7. The first-order chi connectivity index (χ1) is 18.4. The van der Waals surface area contributed by atoms with Crippen LogP contribution in [0.2, 0.25) is 0 Å². The highest BCUT2D eigenvalue weighted by atomic mass is 32.1. The first-order valence-electron chi connectivity index (χ1n) is 12.1. The first-order valence-corrected chi connectivity index (χ1v) is 12.6. The quantitative estimate of drug-likeness (QED) is 0.232. The lowest BCUT2D eigenvalue weighted by molar-refractivity contribution is -0.385. The predicted octanol–water partition coefficient (Wildman–Crippen LogP) is 4.23. The number of alkyl carbamates (subject to hydrolysis) is 1. The number of hydrogen-bond donors (Lipinski definition) is 2. The number of benzene rings is 2. The number of carbonyl (C=O) groups is 2. The van der Waals surface area contributed by atoms with Gasteiger partial charge in [-0.15, -0.1) is 0 Å².